The van der Waals surface area contributed by atoms with Gasteiger partial charge in [-0.05, 0) is 55.8 Å². The van der Waals surface area contributed by atoms with Crippen LogP contribution >= 0.6 is 0 Å². The van der Waals surface area contributed by atoms with Crippen LogP contribution in [-0.4, -0.2) is 59.1 Å². The lowest BCUT2D eigenvalue weighted by Crippen LogP contribution is -2.40. The van der Waals surface area contributed by atoms with Gasteiger partial charge in [-0.2, -0.15) is 0 Å². The summed E-state index contributed by atoms with van der Waals surface area (Å²) >= 11 is 0. The molecular formula is C21H33N3O4S. The number of anilines is 1. The summed E-state index contributed by atoms with van der Waals surface area (Å²) in [6, 6.07) is 4.68. The Bertz CT molecular complexity index is 817. The Labute approximate surface area is 174 Å². The maximum atomic E-state index is 12.8. The Morgan fingerprint density at radius 3 is 2.55 bits per heavy atom. The summed E-state index contributed by atoms with van der Waals surface area (Å²) in [5, 5.41) is 0. The number of likely N-dealkylation sites (tertiary alicyclic amines) is 1. The Morgan fingerprint density at radius 2 is 1.93 bits per heavy atom. The van der Waals surface area contributed by atoms with Crippen LogP contribution in [0.3, 0.4) is 0 Å². The number of hydrogen-bond donors (Lipinski definition) is 1. The zero-order valence-electron chi connectivity index (χ0n) is 17.7. The smallest absolute Gasteiger partial charge is 0.240 e. The van der Waals surface area contributed by atoms with E-state index in [0.717, 1.165) is 32.5 Å². The lowest BCUT2D eigenvalue weighted by atomic mass is 9.92. The molecule has 0 spiro atoms. The van der Waals surface area contributed by atoms with Gasteiger partial charge in [-0.1, -0.05) is 13.8 Å². The second kappa shape index (κ2) is 9.45. The van der Waals surface area contributed by atoms with Gasteiger partial charge in [-0.3, -0.25) is 4.79 Å². The Hall–Kier alpha value is -1.64. The van der Waals surface area contributed by atoms with E-state index in [4.69, 9.17) is 4.74 Å². The summed E-state index contributed by atoms with van der Waals surface area (Å²) < 4.78 is 33.6. The fourth-order valence-electron chi connectivity index (χ4n) is 4.52. The molecule has 162 valence electrons. The van der Waals surface area contributed by atoms with Crippen LogP contribution in [0, 0.1) is 11.8 Å². The van der Waals surface area contributed by atoms with E-state index in [1.54, 1.807) is 17.0 Å². The molecule has 1 aromatic carbocycles. The first-order valence-electron chi connectivity index (χ1n) is 10.5. The predicted molar refractivity (Wildman–Crippen MR) is 114 cm³/mol. The van der Waals surface area contributed by atoms with Crippen molar-refractivity contribution in [3.05, 3.63) is 18.2 Å². The number of carbonyl (C=O) groups excluding carboxylic acids is 1. The molecule has 7 nitrogen and oxygen atoms in total. The lowest BCUT2D eigenvalue weighted by Gasteiger charge is -2.34. The molecule has 3 rings (SSSR count). The molecule has 0 bridgehead atoms. The van der Waals surface area contributed by atoms with Crippen LogP contribution in [-0.2, 0) is 14.8 Å². The minimum atomic E-state index is -3.64. The van der Waals surface area contributed by atoms with Gasteiger partial charge in [0.1, 0.15) is 5.75 Å². The van der Waals surface area contributed by atoms with Gasteiger partial charge in [0.15, 0.2) is 0 Å². The zero-order chi connectivity index (χ0) is 21.0. The van der Waals surface area contributed by atoms with Crippen molar-refractivity contribution in [1.29, 1.82) is 0 Å². The van der Waals surface area contributed by atoms with Crippen LogP contribution in [0.1, 0.15) is 39.5 Å². The third-order valence-corrected chi connectivity index (χ3v) is 7.17. The summed E-state index contributed by atoms with van der Waals surface area (Å²) in [7, 11) is -2.12. The molecular weight excluding hydrogens is 390 g/mol. The summed E-state index contributed by atoms with van der Waals surface area (Å²) in [6.45, 7) is 8.60. The number of amides is 1. The highest BCUT2D eigenvalue weighted by atomic mass is 32.2. The van der Waals surface area contributed by atoms with Crippen molar-refractivity contribution >= 4 is 21.6 Å². The fourth-order valence-corrected chi connectivity index (χ4v) is 5.61. The molecule has 2 heterocycles. The van der Waals surface area contributed by atoms with Crippen molar-refractivity contribution in [3.63, 3.8) is 0 Å². The zero-order valence-corrected chi connectivity index (χ0v) is 18.5. The average molecular weight is 424 g/mol. The van der Waals surface area contributed by atoms with E-state index < -0.39 is 10.0 Å². The van der Waals surface area contributed by atoms with E-state index in [2.05, 4.69) is 23.5 Å². The highest BCUT2D eigenvalue weighted by Crippen LogP contribution is 2.33. The topological polar surface area (TPSA) is 79.0 Å². The maximum Gasteiger partial charge on any atom is 0.240 e. The van der Waals surface area contributed by atoms with Gasteiger partial charge in [0.05, 0.1) is 17.7 Å². The molecule has 0 unspecified atom stereocenters. The monoisotopic (exact) mass is 423 g/mol. The second-order valence-corrected chi connectivity index (χ2v) is 10.2. The molecule has 1 aromatic rings. The quantitative estimate of drug-likeness (QED) is 0.650. The molecule has 2 saturated heterocycles. The van der Waals surface area contributed by atoms with Gasteiger partial charge in [-0.15, -0.1) is 0 Å². The van der Waals surface area contributed by atoms with Crippen molar-refractivity contribution in [3.8, 4) is 5.75 Å². The van der Waals surface area contributed by atoms with Gasteiger partial charge in [0.2, 0.25) is 15.9 Å². The normalized spacial score (nSPS) is 23.6. The molecule has 1 N–H and O–H groups in total. The summed E-state index contributed by atoms with van der Waals surface area (Å²) in [6.07, 6.45) is 3.28. The number of rotatable bonds is 8. The van der Waals surface area contributed by atoms with Crippen LogP contribution in [0.4, 0.5) is 5.69 Å². The van der Waals surface area contributed by atoms with Crippen molar-refractivity contribution in [2.45, 2.75) is 44.4 Å². The molecule has 0 aromatic heterocycles. The number of benzene rings is 1. The van der Waals surface area contributed by atoms with E-state index in [1.807, 2.05) is 0 Å². The number of sulfonamides is 1. The average Bonchev–Trinajstić information content (AvgIpc) is 3.09. The van der Waals surface area contributed by atoms with Crippen molar-refractivity contribution < 1.29 is 17.9 Å². The number of methoxy groups -OCH3 is 1. The van der Waals surface area contributed by atoms with E-state index in [9.17, 15) is 13.2 Å². The third kappa shape index (κ3) is 5.49. The number of carbonyl (C=O) groups is 1. The number of nitrogens with zero attached hydrogens (tertiary/aromatic N) is 2. The Balaban J connectivity index is 1.61. The minimum absolute atomic E-state index is 0.00389. The molecule has 2 aliphatic heterocycles. The first kappa shape index (κ1) is 22.1. The van der Waals surface area contributed by atoms with Crippen LogP contribution < -0.4 is 14.4 Å². The molecule has 0 radical (unpaired) electrons. The molecule has 0 aliphatic carbocycles. The van der Waals surface area contributed by atoms with Crippen molar-refractivity contribution in [2.75, 3.05) is 44.7 Å². The molecule has 2 aliphatic rings. The van der Waals surface area contributed by atoms with E-state index in [1.165, 1.54) is 19.6 Å². The van der Waals surface area contributed by atoms with Gasteiger partial charge in [-0.25, -0.2) is 13.1 Å². The molecule has 1 amide bonds. The van der Waals surface area contributed by atoms with Gasteiger partial charge >= 0.3 is 0 Å². The van der Waals surface area contributed by atoms with Crippen LogP contribution in [0.5, 0.6) is 5.75 Å². The fraction of sp³-hybridized carbons (Fsp3) is 0.667. The van der Waals surface area contributed by atoms with E-state index in [0.29, 0.717) is 42.8 Å². The largest absolute Gasteiger partial charge is 0.495 e. The van der Waals surface area contributed by atoms with Crippen LogP contribution in [0.15, 0.2) is 23.1 Å². The Kier molecular flexibility index (Phi) is 7.19. The van der Waals surface area contributed by atoms with Gasteiger partial charge < -0.3 is 14.5 Å². The lowest BCUT2D eigenvalue weighted by molar-refractivity contribution is -0.117. The standard InChI is InChI=1S/C21H33N3O4S/c1-16-12-17(2)15-23(14-16)10-5-9-22-29(26,27)18-7-8-20(28-3)19(13-18)24-11-4-6-21(24)25/h7-8,13,16-17,22H,4-6,9-12,14-15H2,1-3H3/t16-,17-/m1/s1. The van der Waals surface area contributed by atoms with E-state index >= 15 is 0 Å². The number of hydrogen-bond acceptors (Lipinski definition) is 5. The second-order valence-electron chi connectivity index (χ2n) is 8.44. The highest BCUT2D eigenvalue weighted by Gasteiger charge is 2.27. The number of ether oxygens (including phenoxy) is 1. The molecule has 29 heavy (non-hydrogen) atoms. The van der Waals surface area contributed by atoms with Gasteiger partial charge in [0, 0.05) is 32.6 Å². The van der Waals surface area contributed by atoms with E-state index in [-0.39, 0.29) is 10.8 Å². The maximum absolute atomic E-state index is 12.8. The number of nitrogens with one attached hydrogen (secondary N) is 1. The van der Waals surface area contributed by atoms with Crippen molar-refractivity contribution in [2.24, 2.45) is 11.8 Å². The van der Waals surface area contributed by atoms with Crippen LogP contribution in [0.25, 0.3) is 0 Å². The molecule has 0 saturated carbocycles. The van der Waals surface area contributed by atoms with Crippen LogP contribution in [0.2, 0.25) is 0 Å². The summed E-state index contributed by atoms with van der Waals surface area (Å²) in [5.41, 5.74) is 0.522. The molecule has 2 atom stereocenters. The number of piperidine rings is 1. The predicted octanol–water partition coefficient (Wildman–Crippen LogP) is 2.47. The molecule has 8 heteroatoms. The van der Waals surface area contributed by atoms with Crippen molar-refractivity contribution in [1.82, 2.24) is 9.62 Å². The minimum Gasteiger partial charge on any atom is -0.495 e. The Morgan fingerprint density at radius 1 is 1.21 bits per heavy atom. The first-order chi connectivity index (χ1) is 13.8. The third-order valence-electron chi connectivity index (χ3n) is 5.71. The summed E-state index contributed by atoms with van der Waals surface area (Å²) in [4.78, 5) is 16.3. The summed E-state index contributed by atoms with van der Waals surface area (Å²) in [5.74, 6) is 1.89. The SMILES string of the molecule is COc1ccc(S(=O)(=O)NCCCN2C[C@H](C)C[C@@H](C)C2)cc1N1CCCC1=O. The highest BCUT2D eigenvalue weighted by molar-refractivity contribution is 7.89. The molecule has 2 fully saturated rings. The van der Waals surface area contributed by atoms with Gasteiger partial charge in [0.25, 0.3) is 0 Å². The first-order valence-corrected chi connectivity index (χ1v) is 12.0.